The van der Waals surface area contributed by atoms with Crippen LogP contribution in [-0.2, 0) is 4.79 Å². The standard InChI is InChI=1S/C15H20Cl2N2O2/c1-9(21-13-6-11(16)5-12(17)7-13)15(20)19-14-4-2-3-10(14)8-18/h5-7,9-10,14H,2-4,8,18H2,1H3,(H,19,20). The zero-order chi connectivity index (χ0) is 15.4. The molecule has 4 nitrogen and oxygen atoms in total. The van der Waals surface area contributed by atoms with E-state index in [4.69, 9.17) is 33.7 Å². The van der Waals surface area contributed by atoms with Crippen molar-refractivity contribution in [3.63, 3.8) is 0 Å². The highest BCUT2D eigenvalue weighted by molar-refractivity contribution is 6.34. The summed E-state index contributed by atoms with van der Waals surface area (Å²) in [7, 11) is 0. The van der Waals surface area contributed by atoms with Crippen LogP contribution in [0.4, 0.5) is 0 Å². The average Bonchev–Trinajstić information content (AvgIpc) is 2.84. The number of hydrogen-bond donors (Lipinski definition) is 2. The SMILES string of the molecule is CC(Oc1cc(Cl)cc(Cl)c1)C(=O)NC1CCCC1CN. The molecule has 3 N–H and O–H groups in total. The van der Waals surface area contributed by atoms with Gasteiger partial charge in [0.1, 0.15) is 5.75 Å². The van der Waals surface area contributed by atoms with E-state index in [9.17, 15) is 4.79 Å². The highest BCUT2D eigenvalue weighted by atomic mass is 35.5. The summed E-state index contributed by atoms with van der Waals surface area (Å²) < 4.78 is 5.60. The van der Waals surface area contributed by atoms with E-state index in [0.717, 1.165) is 19.3 Å². The first-order chi connectivity index (χ1) is 9.99. The third kappa shape index (κ3) is 4.50. The van der Waals surface area contributed by atoms with Gasteiger partial charge in [0.15, 0.2) is 6.10 Å². The predicted octanol–water partition coefficient (Wildman–Crippen LogP) is 3.00. The van der Waals surface area contributed by atoms with E-state index in [1.165, 1.54) is 0 Å². The first-order valence-electron chi connectivity index (χ1n) is 7.12. The summed E-state index contributed by atoms with van der Waals surface area (Å²) in [6.07, 6.45) is 2.54. The molecule has 6 heteroatoms. The molecule has 0 heterocycles. The number of carbonyl (C=O) groups excluding carboxylic acids is 1. The molecule has 1 aliphatic carbocycles. The van der Waals surface area contributed by atoms with Gasteiger partial charge in [0.25, 0.3) is 5.91 Å². The third-order valence-corrected chi connectivity index (χ3v) is 4.24. The highest BCUT2D eigenvalue weighted by Crippen LogP contribution is 2.26. The molecule has 0 aliphatic heterocycles. The number of carbonyl (C=O) groups is 1. The van der Waals surface area contributed by atoms with Crippen LogP contribution in [0.5, 0.6) is 5.75 Å². The van der Waals surface area contributed by atoms with Gasteiger partial charge in [-0.3, -0.25) is 4.79 Å². The van der Waals surface area contributed by atoms with Gasteiger partial charge in [0.2, 0.25) is 0 Å². The van der Waals surface area contributed by atoms with Gasteiger partial charge in [-0.1, -0.05) is 29.6 Å². The maximum Gasteiger partial charge on any atom is 0.261 e. The Balaban J connectivity index is 1.93. The fraction of sp³-hybridized carbons (Fsp3) is 0.533. The monoisotopic (exact) mass is 330 g/mol. The Kier molecular flexibility index (Phi) is 5.73. The number of nitrogens with two attached hydrogens (primary N) is 1. The number of ether oxygens (including phenoxy) is 1. The van der Waals surface area contributed by atoms with Crippen LogP contribution in [0, 0.1) is 5.92 Å². The molecule has 0 bridgehead atoms. The number of amides is 1. The molecule has 0 radical (unpaired) electrons. The number of rotatable bonds is 5. The molecule has 1 aliphatic rings. The summed E-state index contributed by atoms with van der Waals surface area (Å²) in [5.74, 6) is 0.704. The molecule has 1 aromatic rings. The van der Waals surface area contributed by atoms with Crippen molar-refractivity contribution in [1.29, 1.82) is 0 Å². The Bertz CT molecular complexity index is 490. The molecule has 2 rings (SSSR count). The fourth-order valence-electron chi connectivity index (χ4n) is 2.66. The first-order valence-corrected chi connectivity index (χ1v) is 7.88. The van der Waals surface area contributed by atoms with E-state index in [0.29, 0.717) is 28.3 Å². The van der Waals surface area contributed by atoms with Crippen molar-refractivity contribution >= 4 is 29.1 Å². The van der Waals surface area contributed by atoms with Crippen molar-refractivity contribution in [2.75, 3.05) is 6.54 Å². The van der Waals surface area contributed by atoms with Crippen molar-refractivity contribution in [1.82, 2.24) is 5.32 Å². The van der Waals surface area contributed by atoms with Gasteiger partial charge in [-0.2, -0.15) is 0 Å². The van der Waals surface area contributed by atoms with Gasteiger partial charge in [0.05, 0.1) is 0 Å². The molecule has 1 saturated carbocycles. The second-order valence-corrected chi connectivity index (χ2v) is 6.28. The predicted molar refractivity (Wildman–Crippen MR) is 84.9 cm³/mol. The van der Waals surface area contributed by atoms with Gasteiger partial charge in [0, 0.05) is 16.1 Å². The van der Waals surface area contributed by atoms with Crippen LogP contribution in [0.1, 0.15) is 26.2 Å². The number of benzene rings is 1. The van der Waals surface area contributed by atoms with E-state index in [1.54, 1.807) is 25.1 Å². The topological polar surface area (TPSA) is 64.3 Å². The number of halogens is 2. The second kappa shape index (κ2) is 7.34. The largest absolute Gasteiger partial charge is 0.481 e. The smallest absolute Gasteiger partial charge is 0.261 e. The van der Waals surface area contributed by atoms with Crippen molar-refractivity contribution in [2.24, 2.45) is 11.7 Å². The summed E-state index contributed by atoms with van der Waals surface area (Å²) in [6, 6.07) is 5.03. The molecular weight excluding hydrogens is 311 g/mol. The molecule has 0 saturated heterocycles. The Morgan fingerprint density at radius 1 is 1.38 bits per heavy atom. The van der Waals surface area contributed by atoms with Crippen LogP contribution < -0.4 is 15.8 Å². The minimum Gasteiger partial charge on any atom is -0.481 e. The maximum atomic E-state index is 12.2. The van der Waals surface area contributed by atoms with Crippen LogP contribution in [-0.4, -0.2) is 24.6 Å². The Labute approximate surface area is 134 Å². The molecule has 3 atom stereocenters. The molecule has 1 aromatic carbocycles. The van der Waals surface area contributed by atoms with Crippen LogP contribution in [0.25, 0.3) is 0 Å². The Morgan fingerprint density at radius 3 is 2.67 bits per heavy atom. The highest BCUT2D eigenvalue weighted by Gasteiger charge is 2.29. The van der Waals surface area contributed by atoms with E-state index >= 15 is 0 Å². The first kappa shape index (κ1) is 16.4. The van der Waals surface area contributed by atoms with E-state index in [2.05, 4.69) is 5.32 Å². The van der Waals surface area contributed by atoms with Crippen molar-refractivity contribution in [3.8, 4) is 5.75 Å². The lowest BCUT2D eigenvalue weighted by molar-refractivity contribution is -0.128. The lowest BCUT2D eigenvalue weighted by Crippen LogP contribution is -2.45. The van der Waals surface area contributed by atoms with Crippen molar-refractivity contribution in [3.05, 3.63) is 28.2 Å². The average molecular weight is 331 g/mol. The fourth-order valence-corrected chi connectivity index (χ4v) is 3.17. The van der Waals surface area contributed by atoms with Crippen LogP contribution in [0.15, 0.2) is 18.2 Å². The maximum absolute atomic E-state index is 12.2. The van der Waals surface area contributed by atoms with Gasteiger partial charge in [-0.15, -0.1) is 0 Å². The Hall–Kier alpha value is -0.970. The summed E-state index contributed by atoms with van der Waals surface area (Å²) in [5.41, 5.74) is 5.72. The van der Waals surface area contributed by atoms with E-state index in [1.807, 2.05) is 0 Å². The molecular formula is C15H20Cl2N2O2. The summed E-state index contributed by atoms with van der Waals surface area (Å²) in [5, 5.41) is 3.97. The van der Waals surface area contributed by atoms with E-state index in [-0.39, 0.29) is 11.9 Å². The molecule has 0 spiro atoms. The Morgan fingerprint density at radius 2 is 2.05 bits per heavy atom. The van der Waals surface area contributed by atoms with Crippen LogP contribution in [0.3, 0.4) is 0 Å². The molecule has 1 amide bonds. The van der Waals surface area contributed by atoms with Crippen LogP contribution >= 0.6 is 23.2 Å². The summed E-state index contributed by atoms with van der Waals surface area (Å²) in [4.78, 5) is 12.2. The quantitative estimate of drug-likeness (QED) is 0.872. The molecule has 116 valence electrons. The molecule has 21 heavy (non-hydrogen) atoms. The van der Waals surface area contributed by atoms with Gasteiger partial charge < -0.3 is 15.8 Å². The lowest BCUT2D eigenvalue weighted by Gasteiger charge is -2.22. The van der Waals surface area contributed by atoms with E-state index < -0.39 is 6.10 Å². The molecule has 3 unspecified atom stereocenters. The van der Waals surface area contributed by atoms with Gasteiger partial charge in [-0.25, -0.2) is 0 Å². The minimum atomic E-state index is -0.612. The lowest BCUT2D eigenvalue weighted by atomic mass is 10.0. The number of nitrogens with one attached hydrogen (secondary N) is 1. The minimum absolute atomic E-state index is 0.142. The molecule has 0 aromatic heterocycles. The third-order valence-electron chi connectivity index (χ3n) is 3.81. The second-order valence-electron chi connectivity index (χ2n) is 5.41. The van der Waals surface area contributed by atoms with Gasteiger partial charge >= 0.3 is 0 Å². The van der Waals surface area contributed by atoms with Crippen molar-refractivity contribution in [2.45, 2.75) is 38.3 Å². The zero-order valence-electron chi connectivity index (χ0n) is 11.9. The normalized spacial score (nSPS) is 22.9. The summed E-state index contributed by atoms with van der Waals surface area (Å²) >= 11 is 11.8. The zero-order valence-corrected chi connectivity index (χ0v) is 13.5. The van der Waals surface area contributed by atoms with Gasteiger partial charge in [-0.05, 0) is 50.4 Å². The number of hydrogen-bond acceptors (Lipinski definition) is 3. The summed E-state index contributed by atoms with van der Waals surface area (Å²) in [6.45, 7) is 2.31. The molecule has 1 fully saturated rings. The van der Waals surface area contributed by atoms with Crippen molar-refractivity contribution < 1.29 is 9.53 Å². The van der Waals surface area contributed by atoms with Crippen LogP contribution in [0.2, 0.25) is 10.0 Å².